The number of fused-ring (bicyclic) bond motifs is 1. The first-order chi connectivity index (χ1) is 9.13. The van der Waals surface area contributed by atoms with Gasteiger partial charge >= 0.3 is 0 Å². The predicted molar refractivity (Wildman–Crippen MR) is 64.4 cm³/mol. The normalized spacial score (nSPS) is 31.2. The van der Waals surface area contributed by atoms with E-state index in [0.29, 0.717) is 11.0 Å². The number of rotatable bonds is 2. The molecule has 2 aromatic heterocycles. The molecule has 2 N–H and O–H groups in total. The summed E-state index contributed by atoms with van der Waals surface area (Å²) in [6, 6.07) is 1.65. The molecule has 3 rings (SSSR count). The van der Waals surface area contributed by atoms with Gasteiger partial charge in [-0.25, -0.2) is 14.4 Å². The molecule has 0 saturated carbocycles. The molecule has 4 atom stereocenters. The van der Waals surface area contributed by atoms with Gasteiger partial charge in [0.2, 0.25) is 0 Å². The van der Waals surface area contributed by atoms with E-state index >= 15 is 0 Å². The van der Waals surface area contributed by atoms with Crippen molar-refractivity contribution in [3.63, 3.8) is 0 Å². The van der Waals surface area contributed by atoms with Crippen LogP contribution in [0.4, 0.5) is 4.39 Å². The van der Waals surface area contributed by atoms with E-state index in [2.05, 4.69) is 9.97 Å². The van der Waals surface area contributed by atoms with Crippen LogP contribution < -0.4 is 0 Å². The van der Waals surface area contributed by atoms with Gasteiger partial charge in [-0.05, 0) is 6.07 Å². The summed E-state index contributed by atoms with van der Waals surface area (Å²) in [5.41, 5.74) is 0.415. The summed E-state index contributed by atoms with van der Waals surface area (Å²) in [4.78, 5) is 7.86. The Labute approximate surface area is 112 Å². The molecule has 6 nitrogen and oxygen atoms in total. The van der Waals surface area contributed by atoms with Crippen molar-refractivity contribution >= 4 is 22.6 Å². The molecule has 1 aliphatic rings. The van der Waals surface area contributed by atoms with Crippen molar-refractivity contribution in [2.75, 3.05) is 6.61 Å². The lowest BCUT2D eigenvalue weighted by molar-refractivity contribution is -0.0457. The fourth-order valence-electron chi connectivity index (χ4n) is 2.22. The van der Waals surface area contributed by atoms with Crippen LogP contribution >= 0.6 is 11.6 Å². The van der Waals surface area contributed by atoms with E-state index in [1.165, 1.54) is 10.9 Å². The Kier molecular flexibility index (Phi) is 3.14. The highest BCUT2D eigenvalue weighted by Gasteiger charge is 2.45. The maximum atomic E-state index is 14.0. The van der Waals surface area contributed by atoms with Crippen LogP contribution in [0, 0.1) is 0 Å². The lowest BCUT2D eigenvalue weighted by Gasteiger charge is -2.15. The minimum atomic E-state index is -1.65. The molecule has 4 unspecified atom stereocenters. The van der Waals surface area contributed by atoms with Crippen LogP contribution in [0.2, 0.25) is 5.15 Å². The zero-order valence-electron chi connectivity index (χ0n) is 9.65. The summed E-state index contributed by atoms with van der Waals surface area (Å²) in [6.07, 6.45) is -2.19. The summed E-state index contributed by atoms with van der Waals surface area (Å²) in [7, 11) is 0. The summed E-state index contributed by atoms with van der Waals surface area (Å²) in [5.74, 6) is 0. The van der Waals surface area contributed by atoms with Gasteiger partial charge in [0.25, 0.3) is 0 Å². The average molecular weight is 288 g/mol. The highest BCUT2D eigenvalue weighted by molar-refractivity contribution is 6.33. The monoisotopic (exact) mass is 287 g/mol. The van der Waals surface area contributed by atoms with E-state index < -0.39 is 31.2 Å². The van der Waals surface area contributed by atoms with E-state index in [-0.39, 0.29) is 5.15 Å². The van der Waals surface area contributed by atoms with Crippen molar-refractivity contribution < 1.29 is 19.3 Å². The van der Waals surface area contributed by atoms with E-state index in [4.69, 9.17) is 21.4 Å². The lowest BCUT2D eigenvalue weighted by atomic mass is 10.1. The largest absolute Gasteiger partial charge is 0.394 e. The minimum Gasteiger partial charge on any atom is -0.394 e. The number of aliphatic hydroxyl groups excluding tert-OH is 2. The van der Waals surface area contributed by atoms with Gasteiger partial charge in [-0.15, -0.1) is 0 Å². The van der Waals surface area contributed by atoms with Crippen molar-refractivity contribution in [2.24, 2.45) is 0 Å². The molecule has 0 aromatic carbocycles. The second-order valence-corrected chi connectivity index (χ2v) is 4.67. The van der Waals surface area contributed by atoms with Gasteiger partial charge in [0.1, 0.15) is 29.3 Å². The summed E-state index contributed by atoms with van der Waals surface area (Å²) < 4.78 is 20.8. The molecule has 3 heterocycles. The highest BCUT2D eigenvalue weighted by atomic mass is 35.5. The molecule has 1 saturated heterocycles. The third-order valence-electron chi connectivity index (χ3n) is 3.21. The molecule has 1 fully saturated rings. The molecule has 0 spiro atoms. The summed E-state index contributed by atoms with van der Waals surface area (Å²) >= 11 is 5.91. The second-order valence-electron chi connectivity index (χ2n) is 4.31. The number of hydrogen-bond acceptors (Lipinski definition) is 5. The van der Waals surface area contributed by atoms with Gasteiger partial charge in [-0.1, -0.05) is 11.6 Å². The molecule has 1 aliphatic heterocycles. The third kappa shape index (κ3) is 1.90. The van der Waals surface area contributed by atoms with E-state index in [1.807, 2.05) is 0 Å². The first-order valence-corrected chi connectivity index (χ1v) is 6.06. The number of halogens is 2. The number of hydrogen-bond donors (Lipinski definition) is 2. The Bertz CT molecular complexity index is 608. The van der Waals surface area contributed by atoms with Crippen LogP contribution in [0.25, 0.3) is 11.0 Å². The van der Waals surface area contributed by atoms with Crippen LogP contribution in [0.1, 0.15) is 6.23 Å². The maximum absolute atomic E-state index is 14.0. The summed E-state index contributed by atoms with van der Waals surface area (Å²) in [6.45, 7) is -0.451. The number of alkyl halides is 1. The predicted octanol–water partition coefficient (Wildman–Crippen LogP) is 0.673. The zero-order chi connectivity index (χ0) is 13.6. The molecular weight excluding hydrogens is 277 g/mol. The Morgan fingerprint density at radius 1 is 1.47 bits per heavy atom. The van der Waals surface area contributed by atoms with E-state index in [9.17, 15) is 9.50 Å². The van der Waals surface area contributed by atoms with Crippen molar-refractivity contribution in [1.82, 2.24) is 14.5 Å². The van der Waals surface area contributed by atoms with Gasteiger partial charge in [0, 0.05) is 6.20 Å². The van der Waals surface area contributed by atoms with E-state index in [0.717, 1.165) is 0 Å². The second kappa shape index (κ2) is 4.68. The maximum Gasteiger partial charge on any atom is 0.173 e. The fourth-order valence-corrected chi connectivity index (χ4v) is 2.41. The quantitative estimate of drug-likeness (QED) is 0.794. The molecule has 19 heavy (non-hydrogen) atoms. The van der Waals surface area contributed by atoms with Crippen LogP contribution in [-0.4, -0.2) is 49.7 Å². The number of ether oxygens (including phenoxy) is 1. The molecule has 0 aliphatic carbocycles. The standard InChI is InChI=1S/C11H11ClFN3O3/c12-9-5-1-2-16(10(5)15-4-14-9)11-7(13)8(18)6(3-17)19-11/h1-2,4,6-8,11,17-18H,3H2. The van der Waals surface area contributed by atoms with Crippen LogP contribution in [-0.2, 0) is 4.74 Å². The van der Waals surface area contributed by atoms with Crippen molar-refractivity contribution in [3.8, 4) is 0 Å². The number of aromatic nitrogens is 3. The average Bonchev–Trinajstić information content (AvgIpc) is 2.94. The van der Waals surface area contributed by atoms with Gasteiger partial charge in [-0.3, -0.25) is 0 Å². The van der Waals surface area contributed by atoms with Gasteiger partial charge in [0.05, 0.1) is 12.0 Å². The zero-order valence-corrected chi connectivity index (χ0v) is 10.4. The van der Waals surface area contributed by atoms with Crippen LogP contribution in [0.3, 0.4) is 0 Å². The first kappa shape index (κ1) is 12.7. The lowest BCUT2D eigenvalue weighted by Crippen LogP contribution is -2.30. The van der Waals surface area contributed by atoms with Crippen molar-refractivity contribution in [1.29, 1.82) is 0 Å². The Balaban J connectivity index is 2.04. The SMILES string of the molecule is OCC1OC(n2ccc3c(Cl)ncnc32)C(F)C1O. The van der Waals surface area contributed by atoms with E-state index in [1.54, 1.807) is 12.3 Å². The Morgan fingerprint density at radius 2 is 2.26 bits per heavy atom. The molecule has 8 heteroatoms. The summed E-state index contributed by atoms with van der Waals surface area (Å²) in [5, 5.41) is 19.5. The first-order valence-electron chi connectivity index (χ1n) is 5.69. The molecule has 2 aromatic rings. The van der Waals surface area contributed by atoms with Gasteiger partial charge in [0.15, 0.2) is 12.4 Å². The topological polar surface area (TPSA) is 80.4 Å². The third-order valence-corrected chi connectivity index (χ3v) is 3.51. The smallest absolute Gasteiger partial charge is 0.173 e. The molecular formula is C11H11ClFN3O3. The molecule has 0 bridgehead atoms. The van der Waals surface area contributed by atoms with Gasteiger partial charge in [-0.2, -0.15) is 0 Å². The molecule has 0 amide bonds. The molecule has 0 radical (unpaired) electrons. The number of nitrogens with zero attached hydrogens (tertiary/aromatic N) is 3. The van der Waals surface area contributed by atoms with Crippen LogP contribution in [0.5, 0.6) is 0 Å². The van der Waals surface area contributed by atoms with Gasteiger partial charge < -0.3 is 19.5 Å². The molecule has 102 valence electrons. The van der Waals surface area contributed by atoms with Crippen molar-refractivity contribution in [2.45, 2.75) is 24.6 Å². The van der Waals surface area contributed by atoms with Crippen molar-refractivity contribution in [3.05, 3.63) is 23.7 Å². The minimum absolute atomic E-state index is 0.261. The Hall–Kier alpha value is -1.28. The Morgan fingerprint density at radius 3 is 2.95 bits per heavy atom. The highest BCUT2D eigenvalue weighted by Crippen LogP contribution is 2.34. The van der Waals surface area contributed by atoms with Crippen LogP contribution in [0.15, 0.2) is 18.6 Å². The number of aliphatic hydroxyl groups is 2. The fraction of sp³-hybridized carbons (Fsp3) is 0.455.